The van der Waals surface area contributed by atoms with Crippen molar-refractivity contribution in [2.45, 2.75) is 31.0 Å². The molecule has 0 aromatic carbocycles. The minimum Gasteiger partial charge on any atom is -0.480 e. The van der Waals surface area contributed by atoms with E-state index in [0.717, 1.165) is 12.0 Å². The van der Waals surface area contributed by atoms with E-state index in [0.29, 0.717) is 0 Å². The zero-order valence-corrected chi connectivity index (χ0v) is 9.91. The second kappa shape index (κ2) is 5.78. The van der Waals surface area contributed by atoms with Gasteiger partial charge >= 0.3 is 11.9 Å². The maximum absolute atomic E-state index is 11.5. The van der Waals surface area contributed by atoms with Gasteiger partial charge < -0.3 is 25.6 Å². The number of carbonyl (C=O) groups is 3. The summed E-state index contributed by atoms with van der Waals surface area (Å²) in [5.74, 6) is -2.33. The third kappa shape index (κ3) is 2.96. The third-order valence-electron chi connectivity index (χ3n) is 2.88. The van der Waals surface area contributed by atoms with Crippen molar-refractivity contribution in [1.82, 2.24) is 4.90 Å². The maximum atomic E-state index is 11.5. The number of hydrogen-bond donors (Lipinski definition) is 3. The molecule has 8 heteroatoms. The molecular weight excluding hydrogens is 244 g/mol. The van der Waals surface area contributed by atoms with Crippen molar-refractivity contribution in [3.63, 3.8) is 0 Å². The van der Waals surface area contributed by atoms with E-state index in [1.807, 2.05) is 0 Å². The summed E-state index contributed by atoms with van der Waals surface area (Å²) in [5, 5.41) is 18.6. The van der Waals surface area contributed by atoms with E-state index < -0.39 is 30.1 Å². The Kier molecular flexibility index (Phi) is 4.62. The van der Waals surface area contributed by atoms with Crippen LogP contribution < -0.4 is 5.73 Å². The number of carboxylic acids is 1. The van der Waals surface area contributed by atoms with Gasteiger partial charge in [0.2, 0.25) is 5.91 Å². The lowest BCUT2D eigenvalue weighted by atomic mass is 10.1. The fourth-order valence-electron chi connectivity index (χ4n) is 1.83. The highest BCUT2D eigenvalue weighted by atomic mass is 16.5. The minimum atomic E-state index is -1.36. The fourth-order valence-corrected chi connectivity index (χ4v) is 1.83. The zero-order valence-electron chi connectivity index (χ0n) is 9.91. The Bertz CT molecular complexity index is 358. The number of carboxylic acid groups (broad SMARTS) is 1. The predicted molar refractivity (Wildman–Crippen MR) is 58.4 cm³/mol. The van der Waals surface area contributed by atoms with Gasteiger partial charge in [0.05, 0.1) is 13.2 Å². The molecular formula is C10H16N2O6. The molecule has 1 saturated heterocycles. The number of rotatable bonds is 5. The molecule has 18 heavy (non-hydrogen) atoms. The number of hydrogen-bond acceptors (Lipinski definition) is 6. The number of likely N-dealkylation sites (tertiary alicyclic amines) is 1. The molecule has 8 nitrogen and oxygen atoms in total. The number of esters is 1. The van der Waals surface area contributed by atoms with Crippen molar-refractivity contribution in [2.24, 2.45) is 5.73 Å². The molecule has 0 aromatic heterocycles. The van der Waals surface area contributed by atoms with Crippen LogP contribution in [0.15, 0.2) is 0 Å². The number of ether oxygens (including phenoxy) is 1. The molecule has 1 amide bonds. The van der Waals surface area contributed by atoms with Gasteiger partial charge in [-0.05, 0) is 6.42 Å². The number of methoxy groups -OCH3 is 1. The van der Waals surface area contributed by atoms with Crippen molar-refractivity contribution in [1.29, 1.82) is 0 Å². The normalized spacial score (nSPS) is 22.7. The second-order valence-corrected chi connectivity index (χ2v) is 4.06. The number of aliphatic hydroxyl groups is 1. The molecule has 0 spiro atoms. The summed E-state index contributed by atoms with van der Waals surface area (Å²) in [7, 11) is 1.12. The van der Waals surface area contributed by atoms with Gasteiger partial charge in [0, 0.05) is 13.0 Å². The van der Waals surface area contributed by atoms with Crippen LogP contribution in [-0.4, -0.2) is 64.8 Å². The van der Waals surface area contributed by atoms with Crippen LogP contribution in [-0.2, 0) is 19.1 Å². The van der Waals surface area contributed by atoms with E-state index >= 15 is 0 Å². The Hall–Kier alpha value is -1.67. The summed E-state index contributed by atoms with van der Waals surface area (Å²) in [6.07, 6.45) is -1.06. The minimum absolute atomic E-state index is 0.108. The van der Waals surface area contributed by atoms with Crippen LogP contribution in [0.2, 0.25) is 0 Å². The summed E-state index contributed by atoms with van der Waals surface area (Å²) in [4.78, 5) is 34.5. The van der Waals surface area contributed by atoms with Crippen LogP contribution in [0.25, 0.3) is 0 Å². The lowest BCUT2D eigenvalue weighted by molar-refractivity contribution is -0.149. The fraction of sp³-hybridized carbons (Fsp3) is 0.700. The average Bonchev–Trinajstić information content (AvgIpc) is 2.69. The third-order valence-corrected chi connectivity index (χ3v) is 2.88. The van der Waals surface area contributed by atoms with E-state index in [4.69, 9.17) is 10.8 Å². The monoisotopic (exact) mass is 260 g/mol. The Morgan fingerprint density at radius 1 is 1.61 bits per heavy atom. The van der Waals surface area contributed by atoms with Crippen molar-refractivity contribution < 1.29 is 29.3 Å². The number of nitrogens with two attached hydrogens (primary N) is 1. The van der Waals surface area contributed by atoms with Crippen LogP contribution in [0.3, 0.4) is 0 Å². The van der Waals surface area contributed by atoms with Gasteiger partial charge in [0.25, 0.3) is 0 Å². The first-order valence-corrected chi connectivity index (χ1v) is 5.42. The molecule has 1 heterocycles. The van der Waals surface area contributed by atoms with E-state index in [-0.39, 0.29) is 25.3 Å². The predicted octanol–water partition coefficient (Wildman–Crippen LogP) is -2.08. The summed E-state index contributed by atoms with van der Waals surface area (Å²) in [6.45, 7) is -0.300. The molecule has 1 fully saturated rings. The maximum Gasteiger partial charge on any atom is 0.326 e. The molecule has 0 aliphatic carbocycles. The Balaban J connectivity index is 2.67. The number of aliphatic carboxylic acids is 1. The molecule has 0 aromatic rings. The van der Waals surface area contributed by atoms with E-state index in [2.05, 4.69) is 4.74 Å². The highest BCUT2D eigenvalue weighted by Gasteiger charge is 2.38. The first kappa shape index (κ1) is 14.4. The van der Waals surface area contributed by atoms with Gasteiger partial charge in [-0.2, -0.15) is 0 Å². The molecule has 0 bridgehead atoms. The number of nitrogens with zero attached hydrogens (tertiary/aromatic N) is 1. The quantitative estimate of drug-likeness (QED) is 0.484. The van der Waals surface area contributed by atoms with Crippen LogP contribution in [0.5, 0.6) is 0 Å². The second-order valence-electron chi connectivity index (χ2n) is 4.06. The summed E-state index contributed by atoms with van der Waals surface area (Å²) in [6, 6.07) is -2.28. The van der Waals surface area contributed by atoms with Crippen LogP contribution in [0, 0.1) is 0 Å². The smallest absolute Gasteiger partial charge is 0.326 e. The van der Waals surface area contributed by atoms with E-state index in [1.54, 1.807) is 0 Å². The Morgan fingerprint density at radius 2 is 2.22 bits per heavy atom. The highest BCUT2D eigenvalue weighted by Crippen LogP contribution is 2.19. The molecule has 3 atom stereocenters. The van der Waals surface area contributed by atoms with Crippen LogP contribution >= 0.6 is 0 Å². The summed E-state index contributed by atoms with van der Waals surface area (Å²) >= 11 is 0. The Labute approximate surface area is 103 Å². The Morgan fingerprint density at radius 3 is 2.72 bits per heavy atom. The lowest BCUT2D eigenvalue weighted by Crippen LogP contribution is -2.51. The first-order valence-electron chi connectivity index (χ1n) is 5.42. The molecule has 2 unspecified atom stereocenters. The molecule has 4 N–H and O–H groups in total. The van der Waals surface area contributed by atoms with Gasteiger partial charge in [-0.3, -0.25) is 9.59 Å². The SMILES string of the molecule is COC(=O)[C@@H](N)C(O)CN1C(=O)CCC1C(=O)O. The van der Waals surface area contributed by atoms with Crippen molar-refractivity contribution in [3.05, 3.63) is 0 Å². The van der Waals surface area contributed by atoms with E-state index in [1.165, 1.54) is 0 Å². The standard InChI is InChI=1S/C10H16N2O6/c1-18-10(17)8(11)6(13)4-12-5(9(15)16)2-3-7(12)14/h5-6,8,13H,2-4,11H2,1H3,(H,15,16)/t5?,6?,8-/m0/s1. The van der Waals surface area contributed by atoms with Gasteiger partial charge in [0.1, 0.15) is 12.1 Å². The van der Waals surface area contributed by atoms with Crippen molar-refractivity contribution in [3.8, 4) is 0 Å². The molecule has 102 valence electrons. The van der Waals surface area contributed by atoms with Gasteiger partial charge in [-0.25, -0.2) is 4.79 Å². The summed E-state index contributed by atoms with van der Waals surface area (Å²) < 4.78 is 4.36. The average molecular weight is 260 g/mol. The van der Waals surface area contributed by atoms with Gasteiger partial charge in [-0.1, -0.05) is 0 Å². The number of β-amino-alcohol motifs (C(OH)–C–C–N with tert-alkyl or cyclic N) is 1. The number of carbonyl (C=O) groups excluding carboxylic acids is 2. The van der Waals surface area contributed by atoms with Crippen LogP contribution in [0.4, 0.5) is 0 Å². The molecule has 0 saturated carbocycles. The van der Waals surface area contributed by atoms with Crippen molar-refractivity contribution >= 4 is 17.8 Å². The molecule has 1 rings (SSSR count). The number of amides is 1. The summed E-state index contributed by atoms with van der Waals surface area (Å²) in [5.41, 5.74) is 5.41. The highest BCUT2D eigenvalue weighted by molar-refractivity contribution is 5.87. The molecule has 1 aliphatic heterocycles. The van der Waals surface area contributed by atoms with Gasteiger partial charge in [-0.15, -0.1) is 0 Å². The van der Waals surface area contributed by atoms with Crippen molar-refractivity contribution in [2.75, 3.05) is 13.7 Å². The zero-order chi connectivity index (χ0) is 13.9. The molecule has 1 aliphatic rings. The topological polar surface area (TPSA) is 130 Å². The first-order chi connectivity index (χ1) is 8.38. The lowest BCUT2D eigenvalue weighted by Gasteiger charge is -2.26. The van der Waals surface area contributed by atoms with Gasteiger partial charge in [0.15, 0.2) is 0 Å². The number of aliphatic hydroxyl groups excluding tert-OH is 1. The largest absolute Gasteiger partial charge is 0.480 e. The molecule has 0 radical (unpaired) electrons. The van der Waals surface area contributed by atoms with Crippen LogP contribution in [0.1, 0.15) is 12.8 Å². The van der Waals surface area contributed by atoms with E-state index in [9.17, 15) is 19.5 Å².